The summed E-state index contributed by atoms with van der Waals surface area (Å²) < 4.78 is 5.82. The average Bonchev–Trinajstić information content (AvgIpc) is 2.98. The van der Waals surface area contributed by atoms with E-state index in [1.807, 2.05) is 6.92 Å². The van der Waals surface area contributed by atoms with Crippen LogP contribution in [0, 0.1) is 10.8 Å². The van der Waals surface area contributed by atoms with E-state index in [1.54, 1.807) is 4.90 Å². The second-order valence-corrected chi connectivity index (χ2v) is 10.6. The normalized spacial score (nSPS) is 15.4. The minimum absolute atomic E-state index is 0.0652. The molecule has 0 unspecified atom stereocenters. The third-order valence-electron chi connectivity index (χ3n) is 6.57. The smallest absolute Gasteiger partial charge is 0.327 e. The van der Waals surface area contributed by atoms with E-state index in [2.05, 4.69) is 27.7 Å². The average molecular weight is 441 g/mol. The second-order valence-electron chi connectivity index (χ2n) is 10.6. The molecule has 0 spiro atoms. The van der Waals surface area contributed by atoms with Gasteiger partial charge in [0.15, 0.2) is 0 Å². The van der Waals surface area contributed by atoms with E-state index in [-0.39, 0.29) is 23.9 Å². The molecule has 1 aliphatic heterocycles. The maximum atomic E-state index is 12.2. The van der Waals surface area contributed by atoms with Gasteiger partial charge in [-0.3, -0.25) is 9.69 Å². The van der Waals surface area contributed by atoms with Crippen molar-refractivity contribution in [3.8, 4) is 0 Å². The molecule has 182 valence electrons. The zero-order valence-corrected chi connectivity index (χ0v) is 20.9. The van der Waals surface area contributed by atoms with Gasteiger partial charge in [-0.05, 0) is 62.7 Å². The molecular weight excluding hydrogens is 392 g/mol. The number of aliphatic hydroxyl groups excluding tert-OH is 1. The van der Waals surface area contributed by atoms with Crippen LogP contribution in [0.25, 0.3) is 0 Å². The lowest BCUT2D eigenvalue weighted by Crippen LogP contribution is -2.35. The molecule has 0 aromatic heterocycles. The Bertz CT molecular complexity index is 534. The number of ether oxygens (including phenoxy) is 1. The lowest BCUT2D eigenvalue weighted by molar-refractivity contribution is -0.125. The fourth-order valence-electron chi connectivity index (χ4n) is 4.16. The summed E-state index contributed by atoms with van der Waals surface area (Å²) in [6.45, 7) is 14.3. The van der Waals surface area contributed by atoms with Crippen LogP contribution in [0.5, 0.6) is 0 Å². The van der Waals surface area contributed by atoms with Crippen molar-refractivity contribution >= 4 is 11.9 Å². The van der Waals surface area contributed by atoms with Gasteiger partial charge in [-0.2, -0.15) is 0 Å². The predicted molar refractivity (Wildman–Crippen MR) is 126 cm³/mol. The number of likely N-dealkylation sites (N-methyl/N-ethyl adjacent to an activating group) is 1. The minimum Gasteiger partial charge on any atom is -0.396 e. The Hall–Kier alpha value is -1.14. The Balaban J connectivity index is 2.06. The number of aliphatic hydroxyl groups is 1. The van der Waals surface area contributed by atoms with Gasteiger partial charge in [0.1, 0.15) is 6.54 Å². The van der Waals surface area contributed by atoms with Crippen LogP contribution in [0.1, 0.15) is 98.8 Å². The Morgan fingerprint density at radius 3 is 1.84 bits per heavy atom. The fraction of sp³-hybridized carbons (Fsp3) is 0.920. The van der Waals surface area contributed by atoms with E-state index < -0.39 is 0 Å². The van der Waals surface area contributed by atoms with Gasteiger partial charge in [0.05, 0.1) is 0 Å². The van der Waals surface area contributed by atoms with Gasteiger partial charge in [-0.25, -0.2) is 4.79 Å². The number of unbranched alkanes of at least 4 members (excludes halogenated alkanes) is 3. The third kappa shape index (κ3) is 11.3. The maximum Gasteiger partial charge on any atom is 0.327 e. The quantitative estimate of drug-likeness (QED) is 0.234. The highest BCUT2D eigenvalue weighted by Gasteiger charge is 2.35. The highest BCUT2D eigenvalue weighted by Crippen LogP contribution is 2.30. The first-order chi connectivity index (χ1) is 14.6. The van der Waals surface area contributed by atoms with Crippen molar-refractivity contribution in [2.24, 2.45) is 10.8 Å². The number of hydrogen-bond donors (Lipinski definition) is 1. The molecule has 1 saturated heterocycles. The van der Waals surface area contributed by atoms with E-state index in [9.17, 15) is 9.59 Å². The van der Waals surface area contributed by atoms with Gasteiger partial charge in [0, 0.05) is 32.9 Å². The van der Waals surface area contributed by atoms with Crippen LogP contribution in [-0.2, 0) is 9.53 Å². The predicted octanol–water partition coefficient (Wildman–Crippen LogP) is 5.23. The number of amides is 3. The molecule has 31 heavy (non-hydrogen) atoms. The largest absolute Gasteiger partial charge is 0.396 e. The molecule has 3 amide bonds. The highest BCUT2D eigenvalue weighted by atomic mass is 16.5. The SMILES string of the molecule is CCN1CC(=O)N(CCC(C)(C)CCCCOCCCCC(C)(C)CCCCO)C1=O. The number of nitrogens with zero attached hydrogens (tertiary/aromatic N) is 2. The molecular formula is C25H48N2O4. The number of carbonyl (C=O) groups excluding carboxylic acids is 2. The standard InChI is InChI=1S/C25H48N2O4/c1-6-26-21-22(29)27(23(26)30)17-16-25(4,5)15-9-12-20-31-19-11-8-14-24(2,3)13-7-10-18-28/h28H,6-21H2,1-5H3. The van der Waals surface area contributed by atoms with Crippen molar-refractivity contribution in [3.05, 3.63) is 0 Å². The molecule has 1 rings (SSSR count). The lowest BCUT2D eigenvalue weighted by Gasteiger charge is -2.27. The second kappa shape index (κ2) is 14.1. The minimum atomic E-state index is -0.134. The maximum absolute atomic E-state index is 12.2. The van der Waals surface area contributed by atoms with Crippen LogP contribution < -0.4 is 0 Å². The molecule has 0 bridgehead atoms. The molecule has 6 nitrogen and oxygen atoms in total. The third-order valence-corrected chi connectivity index (χ3v) is 6.57. The highest BCUT2D eigenvalue weighted by molar-refractivity contribution is 6.01. The summed E-state index contributed by atoms with van der Waals surface area (Å²) in [6, 6.07) is -0.134. The van der Waals surface area contributed by atoms with E-state index >= 15 is 0 Å². The van der Waals surface area contributed by atoms with Gasteiger partial charge in [-0.15, -0.1) is 0 Å². The molecule has 1 aliphatic rings. The summed E-state index contributed by atoms with van der Waals surface area (Å²) in [6.07, 6.45) is 10.8. The van der Waals surface area contributed by atoms with Crippen molar-refractivity contribution < 1.29 is 19.4 Å². The zero-order valence-electron chi connectivity index (χ0n) is 20.9. The first-order valence-corrected chi connectivity index (χ1v) is 12.4. The molecule has 0 saturated carbocycles. The number of urea groups is 1. The zero-order chi connectivity index (χ0) is 23.3. The monoisotopic (exact) mass is 440 g/mol. The Kier molecular flexibility index (Phi) is 12.7. The lowest BCUT2D eigenvalue weighted by atomic mass is 9.82. The van der Waals surface area contributed by atoms with Crippen LogP contribution in [0.15, 0.2) is 0 Å². The summed E-state index contributed by atoms with van der Waals surface area (Å²) in [5.41, 5.74) is 0.474. The number of hydrogen-bond acceptors (Lipinski definition) is 4. The summed E-state index contributed by atoms with van der Waals surface area (Å²) in [5.74, 6) is -0.0652. The van der Waals surface area contributed by atoms with Crippen molar-refractivity contribution in [2.45, 2.75) is 98.8 Å². The van der Waals surface area contributed by atoms with Crippen LogP contribution in [0.3, 0.4) is 0 Å². The van der Waals surface area contributed by atoms with Crippen LogP contribution in [-0.4, -0.2) is 66.3 Å². The van der Waals surface area contributed by atoms with Crippen molar-refractivity contribution in [2.75, 3.05) is 39.5 Å². The van der Waals surface area contributed by atoms with Gasteiger partial charge in [-0.1, -0.05) is 47.0 Å². The number of rotatable bonds is 18. The van der Waals surface area contributed by atoms with Crippen LogP contribution in [0.2, 0.25) is 0 Å². The summed E-state index contributed by atoms with van der Waals surface area (Å²) in [7, 11) is 0. The molecule has 0 aliphatic carbocycles. The Morgan fingerprint density at radius 1 is 0.839 bits per heavy atom. The van der Waals surface area contributed by atoms with Crippen LogP contribution >= 0.6 is 0 Å². The van der Waals surface area contributed by atoms with Crippen molar-refractivity contribution in [3.63, 3.8) is 0 Å². The molecule has 0 aromatic rings. The van der Waals surface area contributed by atoms with Gasteiger partial charge < -0.3 is 14.7 Å². The van der Waals surface area contributed by atoms with E-state index in [4.69, 9.17) is 9.84 Å². The van der Waals surface area contributed by atoms with E-state index in [0.717, 1.165) is 58.2 Å². The number of carbonyl (C=O) groups is 2. The Morgan fingerprint density at radius 2 is 1.35 bits per heavy atom. The first kappa shape index (κ1) is 27.9. The van der Waals surface area contributed by atoms with Crippen molar-refractivity contribution in [1.29, 1.82) is 0 Å². The molecule has 1 heterocycles. The topological polar surface area (TPSA) is 70.1 Å². The first-order valence-electron chi connectivity index (χ1n) is 12.4. The Labute approximate surface area is 190 Å². The molecule has 1 N–H and O–H groups in total. The summed E-state index contributed by atoms with van der Waals surface area (Å²) >= 11 is 0. The van der Waals surface area contributed by atoms with Gasteiger partial charge >= 0.3 is 6.03 Å². The summed E-state index contributed by atoms with van der Waals surface area (Å²) in [4.78, 5) is 27.2. The van der Waals surface area contributed by atoms with Gasteiger partial charge in [0.2, 0.25) is 5.91 Å². The summed E-state index contributed by atoms with van der Waals surface area (Å²) in [5, 5.41) is 8.91. The van der Waals surface area contributed by atoms with Crippen LogP contribution in [0.4, 0.5) is 4.79 Å². The molecule has 0 aromatic carbocycles. The fourth-order valence-corrected chi connectivity index (χ4v) is 4.16. The number of imide groups is 1. The van der Waals surface area contributed by atoms with Crippen molar-refractivity contribution in [1.82, 2.24) is 9.80 Å². The molecule has 1 fully saturated rings. The van der Waals surface area contributed by atoms with Gasteiger partial charge in [0.25, 0.3) is 0 Å². The molecule has 0 radical (unpaired) electrons. The van der Waals surface area contributed by atoms with E-state index in [1.165, 1.54) is 24.2 Å². The molecule has 6 heteroatoms. The molecule has 0 atom stereocenters. The van der Waals surface area contributed by atoms with E-state index in [0.29, 0.717) is 25.1 Å².